The fraction of sp³-hybridized carbons (Fsp3) is 0.312. The van der Waals surface area contributed by atoms with Gasteiger partial charge >= 0.3 is 0 Å². The highest BCUT2D eigenvalue weighted by Crippen LogP contribution is 2.35. The molecular weight excluding hydrogens is 268 g/mol. The minimum Gasteiger partial charge on any atom is -0.439 e. The molecule has 0 spiro atoms. The smallest absolute Gasteiger partial charge is 0.209 e. The molecule has 1 fully saturated rings. The number of rotatable bonds is 3. The van der Waals surface area contributed by atoms with Gasteiger partial charge in [0.05, 0.1) is 6.54 Å². The second-order valence-electron chi connectivity index (χ2n) is 5.22. The lowest BCUT2D eigenvalue weighted by atomic mass is 10.2. The number of benzene rings is 1. The molecule has 0 radical (unpaired) electrons. The van der Waals surface area contributed by atoms with E-state index in [4.69, 9.17) is 4.42 Å². The van der Waals surface area contributed by atoms with Crippen molar-refractivity contribution in [2.45, 2.75) is 25.4 Å². The van der Waals surface area contributed by atoms with Gasteiger partial charge in [-0.15, -0.1) is 11.3 Å². The first kappa shape index (κ1) is 12.1. The highest BCUT2D eigenvalue weighted by atomic mass is 32.1. The molecule has 0 amide bonds. The van der Waals surface area contributed by atoms with Gasteiger partial charge in [-0.3, -0.25) is 4.90 Å². The van der Waals surface area contributed by atoms with Crippen LogP contribution < -0.4 is 0 Å². The van der Waals surface area contributed by atoms with Gasteiger partial charge in [0.2, 0.25) is 5.89 Å². The molecule has 1 aliphatic heterocycles. The van der Waals surface area contributed by atoms with E-state index >= 15 is 0 Å². The molecule has 3 heterocycles. The van der Waals surface area contributed by atoms with E-state index in [2.05, 4.69) is 27.4 Å². The van der Waals surface area contributed by atoms with Crippen LogP contribution in [0, 0.1) is 0 Å². The summed E-state index contributed by atoms with van der Waals surface area (Å²) >= 11 is 1.85. The van der Waals surface area contributed by atoms with Crippen molar-refractivity contribution >= 4 is 22.4 Å². The Morgan fingerprint density at radius 3 is 3.05 bits per heavy atom. The molecule has 1 atom stereocenters. The summed E-state index contributed by atoms with van der Waals surface area (Å²) in [6.07, 6.45) is 2.49. The third-order valence-electron chi connectivity index (χ3n) is 3.91. The van der Waals surface area contributed by atoms with Crippen LogP contribution in [0.5, 0.6) is 0 Å². The van der Waals surface area contributed by atoms with Gasteiger partial charge in [0.25, 0.3) is 0 Å². The number of para-hydroxylation sites is 2. The third kappa shape index (κ3) is 2.15. The van der Waals surface area contributed by atoms with Crippen LogP contribution in [0.2, 0.25) is 0 Å². The highest BCUT2D eigenvalue weighted by molar-refractivity contribution is 7.10. The number of thiophene rings is 1. The average molecular weight is 284 g/mol. The van der Waals surface area contributed by atoms with Crippen LogP contribution in [0.3, 0.4) is 0 Å². The van der Waals surface area contributed by atoms with Crippen molar-refractivity contribution in [2.24, 2.45) is 0 Å². The molecule has 4 heteroatoms. The molecule has 0 unspecified atom stereocenters. The maximum atomic E-state index is 5.85. The zero-order valence-corrected chi connectivity index (χ0v) is 12.0. The zero-order chi connectivity index (χ0) is 13.4. The summed E-state index contributed by atoms with van der Waals surface area (Å²) < 4.78 is 5.85. The molecule has 4 rings (SSSR count). The minimum atomic E-state index is 0.532. The standard InChI is InChI=1S/C16H16N2OS/c1-2-7-14-12(5-1)17-16(19-14)11-18-9-3-6-13(18)15-8-4-10-20-15/h1-2,4-5,7-8,10,13H,3,6,9,11H2/t13-/m0/s1. The number of hydrogen-bond acceptors (Lipinski definition) is 4. The largest absolute Gasteiger partial charge is 0.439 e. The summed E-state index contributed by atoms with van der Waals surface area (Å²) in [5.74, 6) is 0.828. The van der Waals surface area contributed by atoms with Crippen LogP contribution >= 0.6 is 11.3 Å². The molecular formula is C16H16N2OS. The lowest BCUT2D eigenvalue weighted by Crippen LogP contribution is -2.22. The van der Waals surface area contributed by atoms with Crippen molar-refractivity contribution in [3.63, 3.8) is 0 Å². The van der Waals surface area contributed by atoms with Crippen molar-refractivity contribution in [2.75, 3.05) is 6.54 Å². The first-order valence-electron chi connectivity index (χ1n) is 7.02. The van der Waals surface area contributed by atoms with Gasteiger partial charge in [0.15, 0.2) is 5.58 Å². The van der Waals surface area contributed by atoms with Crippen LogP contribution in [0.15, 0.2) is 46.2 Å². The average Bonchev–Trinajstić information content (AvgIpc) is 3.18. The van der Waals surface area contributed by atoms with Crippen molar-refractivity contribution < 1.29 is 4.42 Å². The predicted molar refractivity (Wildman–Crippen MR) is 80.7 cm³/mol. The molecule has 0 saturated carbocycles. The second-order valence-corrected chi connectivity index (χ2v) is 6.20. The van der Waals surface area contributed by atoms with Crippen molar-refractivity contribution in [1.29, 1.82) is 0 Å². The van der Waals surface area contributed by atoms with Crippen molar-refractivity contribution in [1.82, 2.24) is 9.88 Å². The number of oxazole rings is 1. The van der Waals surface area contributed by atoms with E-state index in [1.165, 1.54) is 17.7 Å². The van der Waals surface area contributed by atoms with Crippen molar-refractivity contribution in [3.05, 3.63) is 52.5 Å². The Kier molecular flexibility index (Phi) is 3.05. The van der Waals surface area contributed by atoms with E-state index in [-0.39, 0.29) is 0 Å². The molecule has 2 aromatic heterocycles. The normalized spacial score (nSPS) is 19.9. The summed E-state index contributed by atoms with van der Waals surface area (Å²) in [6, 6.07) is 12.9. The van der Waals surface area contributed by atoms with Crippen LogP contribution in [0.1, 0.15) is 29.7 Å². The predicted octanol–water partition coefficient (Wildman–Crippen LogP) is 4.23. The van der Waals surface area contributed by atoms with Gasteiger partial charge in [0.1, 0.15) is 5.52 Å². The topological polar surface area (TPSA) is 29.3 Å². The summed E-state index contributed by atoms with van der Waals surface area (Å²) in [7, 11) is 0. The molecule has 3 nitrogen and oxygen atoms in total. The molecule has 3 aromatic rings. The fourth-order valence-electron chi connectivity index (χ4n) is 2.98. The van der Waals surface area contributed by atoms with E-state index in [0.29, 0.717) is 6.04 Å². The molecule has 1 saturated heterocycles. The van der Waals surface area contributed by atoms with E-state index in [1.807, 2.05) is 35.6 Å². The Balaban J connectivity index is 1.58. The molecule has 1 aromatic carbocycles. The first-order chi connectivity index (χ1) is 9.90. The monoisotopic (exact) mass is 284 g/mol. The quantitative estimate of drug-likeness (QED) is 0.721. The zero-order valence-electron chi connectivity index (χ0n) is 11.2. The SMILES string of the molecule is c1csc([C@@H]2CCCN2Cc2nc3ccccc3o2)c1. The minimum absolute atomic E-state index is 0.532. The van der Waals surface area contributed by atoms with Gasteiger partial charge in [0, 0.05) is 10.9 Å². The third-order valence-corrected chi connectivity index (χ3v) is 4.89. The Labute approximate surface area is 121 Å². The first-order valence-corrected chi connectivity index (χ1v) is 7.90. The number of aromatic nitrogens is 1. The van der Waals surface area contributed by atoms with Crippen molar-refractivity contribution in [3.8, 4) is 0 Å². The summed E-state index contributed by atoms with van der Waals surface area (Å²) in [4.78, 5) is 8.53. The summed E-state index contributed by atoms with van der Waals surface area (Å²) in [5.41, 5.74) is 1.84. The second kappa shape index (κ2) is 5.04. The summed E-state index contributed by atoms with van der Waals surface area (Å²) in [5, 5.41) is 2.16. The van der Waals surface area contributed by atoms with Crippen LogP contribution in [-0.2, 0) is 6.54 Å². The van der Waals surface area contributed by atoms with E-state index in [1.54, 1.807) is 0 Å². The van der Waals surface area contributed by atoms with E-state index < -0.39 is 0 Å². The number of hydrogen-bond donors (Lipinski definition) is 0. The Morgan fingerprint density at radius 2 is 2.20 bits per heavy atom. The van der Waals surface area contributed by atoms with Gasteiger partial charge < -0.3 is 4.42 Å². The van der Waals surface area contributed by atoms with Gasteiger partial charge in [-0.1, -0.05) is 18.2 Å². The molecule has 0 bridgehead atoms. The Bertz CT molecular complexity index is 671. The lowest BCUT2D eigenvalue weighted by molar-refractivity contribution is 0.228. The van der Waals surface area contributed by atoms with Crippen LogP contribution in [-0.4, -0.2) is 16.4 Å². The van der Waals surface area contributed by atoms with Gasteiger partial charge in [-0.2, -0.15) is 0 Å². The Hall–Kier alpha value is -1.65. The fourth-order valence-corrected chi connectivity index (χ4v) is 3.88. The van der Waals surface area contributed by atoms with Crippen LogP contribution in [0.25, 0.3) is 11.1 Å². The molecule has 20 heavy (non-hydrogen) atoms. The summed E-state index contributed by atoms with van der Waals surface area (Å²) in [6.45, 7) is 1.93. The maximum absolute atomic E-state index is 5.85. The lowest BCUT2D eigenvalue weighted by Gasteiger charge is -2.21. The van der Waals surface area contributed by atoms with E-state index in [9.17, 15) is 0 Å². The van der Waals surface area contributed by atoms with Gasteiger partial charge in [-0.05, 0) is 43.0 Å². The Morgan fingerprint density at radius 1 is 1.25 bits per heavy atom. The number of nitrogens with zero attached hydrogens (tertiary/aromatic N) is 2. The van der Waals surface area contributed by atoms with Gasteiger partial charge in [-0.25, -0.2) is 4.98 Å². The molecule has 1 aliphatic rings. The molecule has 0 aliphatic carbocycles. The number of fused-ring (bicyclic) bond motifs is 1. The van der Waals surface area contributed by atoms with Crippen LogP contribution in [0.4, 0.5) is 0 Å². The molecule has 102 valence electrons. The highest BCUT2D eigenvalue weighted by Gasteiger charge is 2.27. The number of likely N-dealkylation sites (tertiary alicyclic amines) is 1. The van der Waals surface area contributed by atoms with E-state index in [0.717, 1.165) is 30.1 Å². The molecule has 0 N–H and O–H groups in total. The maximum Gasteiger partial charge on any atom is 0.209 e.